The third-order valence-electron chi connectivity index (χ3n) is 2.93. The van der Waals surface area contributed by atoms with Gasteiger partial charge in [-0.25, -0.2) is 8.42 Å². The summed E-state index contributed by atoms with van der Waals surface area (Å²) in [6.45, 7) is 0.294. The number of hydrogen-bond donors (Lipinski definition) is 0. The van der Waals surface area contributed by atoms with E-state index in [1.54, 1.807) is 0 Å². The summed E-state index contributed by atoms with van der Waals surface area (Å²) in [4.78, 5) is 11.9. The van der Waals surface area contributed by atoms with Crippen molar-refractivity contribution in [2.24, 2.45) is 0 Å². The van der Waals surface area contributed by atoms with Crippen molar-refractivity contribution in [3.05, 3.63) is 17.0 Å². The lowest BCUT2D eigenvalue weighted by atomic mass is 10.2. The molecule has 0 aliphatic carbocycles. The van der Waals surface area contributed by atoms with Crippen molar-refractivity contribution >= 4 is 27.3 Å². The average molecular weight is 300 g/mol. The Hall–Kier alpha value is -1.43. The van der Waals surface area contributed by atoms with Gasteiger partial charge in [-0.2, -0.15) is 9.57 Å². The number of ether oxygens (including phenoxy) is 1. The predicted octanol–water partition coefficient (Wildman–Crippen LogP) is 0.946. The van der Waals surface area contributed by atoms with E-state index in [2.05, 4.69) is 4.74 Å². The zero-order chi connectivity index (χ0) is 14.0. The number of nitrogens with zero attached hydrogens (tertiary/aromatic N) is 2. The van der Waals surface area contributed by atoms with E-state index >= 15 is 0 Å². The zero-order valence-electron chi connectivity index (χ0n) is 10.2. The van der Waals surface area contributed by atoms with Crippen LogP contribution in [0.5, 0.6) is 0 Å². The number of hydrogen-bond acceptors (Lipinski definition) is 6. The van der Waals surface area contributed by atoms with E-state index in [9.17, 15) is 13.2 Å². The molecule has 0 amide bonds. The molecule has 1 aliphatic heterocycles. The Labute approximate surface area is 115 Å². The van der Waals surface area contributed by atoms with Gasteiger partial charge < -0.3 is 4.74 Å². The number of carbonyl (C=O) groups is 1. The first-order valence-corrected chi connectivity index (χ1v) is 7.86. The van der Waals surface area contributed by atoms with Gasteiger partial charge in [0, 0.05) is 6.54 Å². The van der Waals surface area contributed by atoms with E-state index in [1.807, 2.05) is 6.07 Å². The second-order valence-electron chi connectivity index (χ2n) is 4.03. The molecule has 0 aromatic carbocycles. The Bertz CT molecular complexity index is 629. The number of sulfonamides is 1. The molecule has 1 aromatic rings. The van der Waals surface area contributed by atoms with Gasteiger partial charge >= 0.3 is 5.97 Å². The lowest BCUT2D eigenvalue weighted by molar-refractivity contribution is -0.144. The van der Waals surface area contributed by atoms with Gasteiger partial charge in [0.1, 0.15) is 21.2 Å². The first-order valence-electron chi connectivity index (χ1n) is 5.60. The summed E-state index contributed by atoms with van der Waals surface area (Å²) in [7, 11) is -2.49. The van der Waals surface area contributed by atoms with Crippen LogP contribution in [0.2, 0.25) is 0 Å². The smallest absolute Gasteiger partial charge is 0.324 e. The minimum Gasteiger partial charge on any atom is -0.468 e. The fraction of sp³-hybridized carbons (Fsp3) is 0.455. The lowest BCUT2D eigenvalue weighted by Gasteiger charge is -2.21. The van der Waals surface area contributed by atoms with Gasteiger partial charge in [-0.3, -0.25) is 4.79 Å². The van der Waals surface area contributed by atoms with E-state index in [0.717, 1.165) is 15.6 Å². The van der Waals surface area contributed by atoms with Crippen LogP contribution >= 0.6 is 11.3 Å². The van der Waals surface area contributed by atoms with Crippen molar-refractivity contribution in [1.29, 1.82) is 5.26 Å². The van der Waals surface area contributed by atoms with Crippen molar-refractivity contribution in [1.82, 2.24) is 4.31 Å². The third-order valence-corrected chi connectivity index (χ3v) is 6.30. The van der Waals surface area contributed by atoms with Crippen LogP contribution in [0.3, 0.4) is 0 Å². The SMILES string of the molecule is COC(=O)C1CCCN1S(=O)(=O)c1ccc(C#N)s1. The molecule has 0 bridgehead atoms. The van der Waals surface area contributed by atoms with Gasteiger partial charge in [0.2, 0.25) is 0 Å². The summed E-state index contributed by atoms with van der Waals surface area (Å²) < 4.78 is 30.7. The monoisotopic (exact) mass is 300 g/mol. The van der Waals surface area contributed by atoms with Gasteiger partial charge in [-0.15, -0.1) is 11.3 Å². The Morgan fingerprint density at radius 2 is 2.32 bits per heavy atom. The predicted molar refractivity (Wildman–Crippen MR) is 68.0 cm³/mol. The van der Waals surface area contributed by atoms with Gasteiger partial charge in [0.25, 0.3) is 10.0 Å². The zero-order valence-corrected chi connectivity index (χ0v) is 11.8. The number of nitriles is 1. The minimum absolute atomic E-state index is 0.0832. The maximum absolute atomic E-state index is 12.4. The second kappa shape index (κ2) is 5.28. The van der Waals surface area contributed by atoms with Crippen LogP contribution in [0.4, 0.5) is 0 Å². The Kier molecular flexibility index (Phi) is 3.89. The second-order valence-corrected chi connectivity index (χ2v) is 7.23. The molecule has 0 N–H and O–H groups in total. The summed E-state index contributed by atoms with van der Waals surface area (Å²) in [5.41, 5.74) is 0. The maximum atomic E-state index is 12.4. The average Bonchev–Trinajstić information content (AvgIpc) is 3.06. The number of esters is 1. The van der Waals surface area contributed by atoms with Crippen molar-refractivity contribution in [2.45, 2.75) is 23.1 Å². The van der Waals surface area contributed by atoms with E-state index in [0.29, 0.717) is 24.3 Å². The molecular weight excluding hydrogens is 288 g/mol. The van der Waals surface area contributed by atoms with Crippen LogP contribution in [-0.2, 0) is 19.6 Å². The normalized spacial score (nSPS) is 20.1. The molecule has 102 valence electrons. The molecule has 0 saturated carbocycles. The molecule has 2 rings (SSSR count). The van der Waals surface area contributed by atoms with E-state index in [4.69, 9.17) is 5.26 Å². The van der Waals surface area contributed by atoms with Gasteiger partial charge in [-0.05, 0) is 25.0 Å². The van der Waals surface area contributed by atoms with Crippen LogP contribution in [0.15, 0.2) is 16.3 Å². The molecule has 0 radical (unpaired) electrons. The Morgan fingerprint density at radius 3 is 2.89 bits per heavy atom. The standard InChI is InChI=1S/C11H12N2O4S2/c1-17-11(14)9-3-2-6-13(9)19(15,16)10-5-4-8(7-12)18-10/h4-5,9H,2-3,6H2,1H3. The van der Waals surface area contributed by atoms with E-state index in [-0.39, 0.29) is 4.21 Å². The van der Waals surface area contributed by atoms with Crippen molar-refractivity contribution in [3.63, 3.8) is 0 Å². The molecule has 8 heteroatoms. The molecule has 0 spiro atoms. The van der Waals surface area contributed by atoms with Crippen molar-refractivity contribution in [3.8, 4) is 6.07 Å². The summed E-state index contributed by atoms with van der Waals surface area (Å²) in [6, 6.07) is 3.99. The minimum atomic E-state index is -3.73. The summed E-state index contributed by atoms with van der Waals surface area (Å²) in [6.07, 6.45) is 1.08. The molecule has 2 heterocycles. The molecule has 1 atom stereocenters. The lowest BCUT2D eigenvalue weighted by Crippen LogP contribution is -2.40. The highest BCUT2D eigenvalue weighted by atomic mass is 32.2. The highest BCUT2D eigenvalue weighted by Gasteiger charge is 2.40. The highest BCUT2D eigenvalue weighted by molar-refractivity contribution is 7.91. The molecule has 19 heavy (non-hydrogen) atoms. The van der Waals surface area contributed by atoms with Gasteiger partial charge in [-0.1, -0.05) is 0 Å². The maximum Gasteiger partial charge on any atom is 0.324 e. The molecular formula is C11H12N2O4S2. The van der Waals surface area contributed by atoms with Crippen molar-refractivity contribution in [2.75, 3.05) is 13.7 Å². The van der Waals surface area contributed by atoms with Crippen LogP contribution < -0.4 is 0 Å². The van der Waals surface area contributed by atoms with Gasteiger partial charge in [0.15, 0.2) is 0 Å². The first kappa shape index (κ1) is 14.0. The molecule has 1 fully saturated rings. The third kappa shape index (κ3) is 2.49. The molecule has 1 aromatic heterocycles. The summed E-state index contributed by atoms with van der Waals surface area (Å²) in [5.74, 6) is -0.543. The molecule has 1 aliphatic rings. The summed E-state index contributed by atoms with van der Waals surface area (Å²) in [5, 5.41) is 8.74. The number of carbonyl (C=O) groups excluding carboxylic acids is 1. The fourth-order valence-corrected chi connectivity index (χ4v) is 4.91. The van der Waals surface area contributed by atoms with E-state index in [1.165, 1.54) is 19.2 Å². The highest BCUT2D eigenvalue weighted by Crippen LogP contribution is 2.30. The molecule has 1 unspecified atom stereocenters. The fourth-order valence-electron chi connectivity index (χ4n) is 2.03. The summed E-state index contributed by atoms with van der Waals surface area (Å²) >= 11 is 0.905. The topological polar surface area (TPSA) is 87.5 Å². The van der Waals surface area contributed by atoms with Crippen LogP contribution in [0, 0.1) is 11.3 Å². The van der Waals surface area contributed by atoms with Gasteiger partial charge in [0.05, 0.1) is 7.11 Å². The van der Waals surface area contributed by atoms with Crippen LogP contribution in [-0.4, -0.2) is 38.4 Å². The Balaban J connectivity index is 2.34. The quantitative estimate of drug-likeness (QED) is 0.775. The number of thiophene rings is 1. The molecule has 1 saturated heterocycles. The first-order chi connectivity index (χ1) is 9.00. The Morgan fingerprint density at radius 1 is 1.58 bits per heavy atom. The number of methoxy groups -OCH3 is 1. The number of rotatable bonds is 3. The van der Waals surface area contributed by atoms with Crippen molar-refractivity contribution < 1.29 is 17.9 Å². The molecule has 6 nitrogen and oxygen atoms in total. The largest absolute Gasteiger partial charge is 0.468 e. The van der Waals surface area contributed by atoms with E-state index < -0.39 is 22.0 Å². The van der Waals surface area contributed by atoms with Crippen LogP contribution in [0.1, 0.15) is 17.7 Å². The van der Waals surface area contributed by atoms with Crippen LogP contribution in [0.25, 0.3) is 0 Å².